The Labute approximate surface area is 115 Å². The Bertz CT molecular complexity index is 743. The highest BCUT2D eigenvalue weighted by Gasteiger charge is 2.10. The molecule has 3 nitrogen and oxygen atoms in total. The number of aromatic nitrogens is 1. The lowest BCUT2D eigenvalue weighted by Gasteiger charge is -2.12. The molecule has 0 saturated heterocycles. The first-order valence-electron chi connectivity index (χ1n) is 5.81. The molecule has 94 valence electrons. The van der Waals surface area contributed by atoms with Crippen molar-refractivity contribution in [2.75, 3.05) is 5.73 Å². The van der Waals surface area contributed by atoms with Crippen LogP contribution in [0.15, 0.2) is 54.7 Å². The van der Waals surface area contributed by atoms with Gasteiger partial charge in [0.15, 0.2) is 5.75 Å². The minimum atomic E-state index is 0.485. The Kier molecular flexibility index (Phi) is 2.97. The van der Waals surface area contributed by atoms with Crippen LogP contribution in [-0.2, 0) is 0 Å². The number of halogens is 1. The van der Waals surface area contributed by atoms with Crippen molar-refractivity contribution >= 4 is 28.2 Å². The van der Waals surface area contributed by atoms with Crippen LogP contribution in [0.2, 0.25) is 5.02 Å². The van der Waals surface area contributed by atoms with E-state index in [9.17, 15) is 0 Å². The van der Waals surface area contributed by atoms with Crippen LogP contribution in [0.4, 0.5) is 5.69 Å². The largest absolute Gasteiger partial charge is 0.453 e. The van der Waals surface area contributed by atoms with E-state index in [-0.39, 0.29) is 0 Å². The van der Waals surface area contributed by atoms with E-state index in [1.165, 1.54) is 0 Å². The minimum absolute atomic E-state index is 0.485. The SMILES string of the molecule is Nc1cnc2ccccc2c1Oc1ccccc1Cl. The lowest BCUT2D eigenvalue weighted by Crippen LogP contribution is -1.95. The number of nitrogens with two attached hydrogens (primary N) is 1. The molecule has 4 heteroatoms. The summed E-state index contributed by atoms with van der Waals surface area (Å²) in [4.78, 5) is 4.27. The second kappa shape index (κ2) is 4.78. The van der Waals surface area contributed by atoms with E-state index < -0.39 is 0 Å². The monoisotopic (exact) mass is 270 g/mol. The predicted molar refractivity (Wildman–Crippen MR) is 77.7 cm³/mol. The lowest BCUT2D eigenvalue weighted by atomic mass is 10.2. The molecule has 2 aromatic carbocycles. The van der Waals surface area contributed by atoms with Gasteiger partial charge in [-0.1, -0.05) is 35.9 Å². The normalized spacial score (nSPS) is 10.6. The molecule has 0 aliphatic carbocycles. The number of rotatable bonds is 2. The maximum absolute atomic E-state index is 6.10. The van der Waals surface area contributed by atoms with E-state index in [1.807, 2.05) is 36.4 Å². The summed E-state index contributed by atoms with van der Waals surface area (Å²) < 4.78 is 5.86. The van der Waals surface area contributed by atoms with E-state index in [0.717, 1.165) is 10.9 Å². The first kappa shape index (κ1) is 11.8. The van der Waals surface area contributed by atoms with Crippen LogP contribution in [0.25, 0.3) is 10.9 Å². The third-order valence-electron chi connectivity index (χ3n) is 2.80. The smallest absolute Gasteiger partial charge is 0.161 e. The molecule has 0 radical (unpaired) electrons. The first-order chi connectivity index (χ1) is 9.25. The summed E-state index contributed by atoms with van der Waals surface area (Å²) in [6.45, 7) is 0. The Hall–Kier alpha value is -2.26. The highest BCUT2D eigenvalue weighted by Crippen LogP contribution is 2.36. The van der Waals surface area contributed by atoms with Gasteiger partial charge in [0.1, 0.15) is 5.75 Å². The van der Waals surface area contributed by atoms with Gasteiger partial charge in [0.25, 0.3) is 0 Å². The van der Waals surface area contributed by atoms with E-state index in [4.69, 9.17) is 22.1 Å². The first-order valence-corrected chi connectivity index (χ1v) is 6.19. The number of anilines is 1. The molecule has 3 aromatic rings. The zero-order chi connectivity index (χ0) is 13.2. The number of hydrogen-bond donors (Lipinski definition) is 1. The maximum atomic E-state index is 6.10. The summed E-state index contributed by atoms with van der Waals surface area (Å²) in [6.07, 6.45) is 1.59. The molecule has 3 rings (SSSR count). The molecular formula is C15H11ClN2O. The zero-order valence-electron chi connectivity index (χ0n) is 10.0. The number of pyridine rings is 1. The number of fused-ring (bicyclic) bond motifs is 1. The second-order valence-corrected chi connectivity index (χ2v) is 4.50. The van der Waals surface area contributed by atoms with Gasteiger partial charge in [-0.05, 0) is 24.3 Å². The molecule has 0 fully saturated rings. The fraction of sp³-hybridized carbons (Fsp3) is 0. The number of benzene rings is 2. The fourth-order valence-corrected chi connectivity index (χ4v) is 2.06. The quantitative estimate of drug-likeness (QED) is 0.757. The highest BCUT2D eigenvalue weighted by molar-refractivity contribution is 6.32. The van der Waals surface area contributed by atoms with Gasteiger partial charge < -0.3 is 10.5 Å². The summed E-state index contributed by atoms with van der Waals surface area (Å²) in [5.41, 5.74) is 7.27. The number of nitrogen functional groups attached to an aromatic ring is 1. The van der Waals surface area contributed by atoms with Gasteiger partial charge >= 0.3 is 0 Å². The second-order valence-electron chi connectivity index (χ2n) is 4.09. The van der Waals surface area contributed by atoms with E-state index >= 15 is 0 Å². The Morgan fingerprint density at radius 1 is 1.00 bits per heavy atom. The molecule has 19 heavy (non-hydrogen) atoms. The third kappa shape index (κ3) is 2.20. The summed E-state index contributed by atoms with van der Waals surface area (Å²) in [5.74, 6) is 1.16. The lowest BCUT2D eigenvalue weighted by molar-refractivity contribution is 0.490. The topological polar surface area (TPSA) is 48.1 Å². The number of hydrogen-bond acceptors (Lipinski definition) is 3. The van der Waals surface area contributed by atoms with Crippen molar-refractivity contribution in [2.24, 2.45) is 0 Å². The molecule has 0 unspecified atom stereocenters. The standard InChI is InChI=1S/C15H11ClN2O/c16-11-6-2-4-8-14(11)19-15-10-5-1-3-7-13(10)18-9-12(15)17/h1-9H,17H2. The summed E-state index contributed by atoms with van der Waals surface area (Å²) >= 11 is 6.10. The summed E-state index contributed by atoms with van der Waals surface area (Å²) in [7, 11) is 0. The van der Waals surface area contributed by atoms with Gasteiger partial charge in [-0.2, -0.15) is 0 Å². The Balaban J connectivity index is 2.15. The third-order valence-corrected chi connectivity index (χ3v) is 3.11. The predicted octanol–water partition coefficient (Wildman–Crippen LogP) is 4.26. The minimum Gasteiger partial charge on any atom is -0.453 e. The number of ether oxygens (including phenoxy) is 1. The van der Waals surface area contributed by atoms with Crippen LogP contribution in [0.1, 0.15) is 0 Å². The molecule has 0 aliphatic heterocycles. The highest BCUT2D eigenvalue weighted by atomic mass is 35.5. The Morgan fingerprint density at radius 2 is 1.74 bits per heavy atom. The molecule has 0 aliphatic rings. The van der Waals surface area contributed by atoms with Crippen molar-refractivity contribution in [1.82, 2.24) is 4.98 Å². The fourth-order valence-electron chi connectivity index (χ4n) is 1.88. The van der Waals surface area contributed by atoms with E-state index in [0.29, 0.717) is 22.2 Å². The number of nitrogens with zero attached hydrogens (tertiary/aromatic N) is 1. The van der Waals surface area contributed by atoms with Crippen molar-refractivity contribution in [3.05, 3.63) is 59.8 Å². The van der Waals surface area contributed by atoms with Gasteiger partial charge in [0.05, 0.1) is 22.4 Å². The van der Waals surface area contributed by atoms with Crippen molar-refractivity contribution in [3.63, 3.8) is 0 Å². The van der Waals surface area contributed by atoms with Crippen LogP contribution < -0.4 is 10.5 Å². The molecule has 0 atom stereocenters. The van der Waals surface area contributed by atoms with Crippen LogP contribution in [0.3, 0.4) is 0 Å². The molecule has 0 saturated carbocycles. The van der Waals surface area contributed by atoms with Crippen LogP contribution in [0, 0.1) is 0 Å². The van der Waals surface area contributed by atoms with Crippen LogP contribution >= 0.6 is 11.6 Å². The molecule has 0 bridgehead atoms. The van der Waals surface area contributed by atoms with Gasteiger partial charge in [-0.15, -0.1) is 0 Å². The summed E-state index contributed by atoms with van der Waals surface area (Å²) in [5, 5.41) is 1.41. The zero-order valence-corrected chi connectivity index (χ0v) is 10.8. The van der Waals surface area contributed by atoms with Crippen molar-refractivity contribution in [1.29, 1.82) is 0 Å². The molecular weight excluding hydrogens is 260 g/mol. The van der Waals surface area contributed by atoms with E-state index in [1.54, 1.807) is 18.3 Å². The molecule has 0 spiro atoms. The molecule has 0 amide bonds. The molecule has 2 N–H and O–H groups in total. The molecule has 1 aromatic heterocycles. The van der Waals surface area contributed by atoms with Gasteiger partial charge in [0, 0.05) is 5.39 Å². The van der Waals surface area contributed by atoms with Crippen molar-refractivity contribution < 1.29 is 4.74 Å². The van der Waals surface area contributed by atoms with Gasteiger partial charge in [0.2, 0.25) is 0 Å². The average Bonchev–Trinajstić information content (AvgIpc) is 2.44. The Morgan fingerprint density at radius 3 is 2.58 bits per heavy atom. The van der Waals surface area contributed by atoms with E-state index in [2.05, 4.69) is 4.98 Å². The average molecular weight is 271 g/mol. The van der Waals surface area contributed by atoms with Crippen molar-refractivity contribution in [2.45, 2.75) is 0 Å². The van der Waals surface area contributed by atoms with Gasteiger partial charge in [-0.25, -0.2) is 0 Å². The summed E-state index contributed by atoms with van der Waals surface area (Å²) in [6, 6.07) is 15.0. The van der Waals surface area contributed by atoms with Crippen LogP contribution in [0.5, 0.6) is 11.5 Å². The van der Waals surface area contributed by atoms with Gasteiger partial charge in [-0.3, -0.25) is 4.98 Å². The van der Waals surface area contributed by atoms with Crippen LogP contribution in [-0.4, -0.2) is 4.98 Å². The van der Waals surface area contributed by atoms with Crippen molar-refractivity contribution in [3.8, 4) is 11.5 Å². The molecule has 1 heterocycles. The maximum Gasteiger partial charge on any atom is 0.161 e. The number of para-hydroxylation sites is 2.